The third-order valence-corrected chi connectivity index (χ3v) is 2.97. The fraction of sp³-hybridized carbons (Fsp3) is 0.636. The van der Waals surface area contributed by atoms with Gasteiger partial charge in [0.05, 0.1) is 0 Å². The maximum atomic E-state index is 11.5. The number of rotatable bonds is 5. The first-order chi connectivity index (χ1) is 8.08. The van der Waals surface area contributed by atoms with E-state index in [0.717, 1.165) is 19.3 Å². The van der Waals surface area contributed by atoms with Gasteiger partial charge < -0.3 is 15.8 Å². The van der Waals surface area contributed by atoms with Crippen LogP contribution in [0.1, 0.15) is 19.3 Å². The zero-order valence-electron chi connectivity index (χ0n) is 9.35. The van der Waals surface area contributed by atoms with Gasteiger partial charge in [-0.15, -0.1) is 0 Å². The summed E-state index contributed by atoms with van der Waals surface area (Å²) in [5.74, 6) is -0.791. The number of carbonyl (C=O) groups excluding carboxylic acids is 3. The van der Waals surface area contributed by atoms with Crippen LogP contribution in [0.4, 0.5) is 0 Å². The Kier molecular flexibility index (Phi) is 3.42. The lowest BCUT2D eigenvalue weighted by Gasteiger charge is -2.15. The third-order valence-electron chi connectivity index (χ3n) is 2.97. The summed E-state index contributed by atoms with van der Waals surface area (Å²) < 4.78 is 4.93. The SMILES string of the molecule is NC(=O)[C@@H]1OCC(=O)[C@H]1NC(=O)[CH]CC1CC1. The molecule has 2 atom stereocenters. The van der Waals surface area contributed by atoms with Crippen molar-refractivity contribution in [2.24, 2.45) is 11.7 Å². The number of Topliss-reactive ketones (excluding diaryl/α,β-unsaturated/α-hetero) is 1. The summed E-state index contributed by atoms with van der Waals surface area (Å²) in [6, 6.07) is -0.935. The monoisotopic (exact) mass is 239 g/mol. The van der Waals surface area contributed by atoms with Gasteiger partial charge in [-0.05, 0) is 12.3 Å². The molecule has 1 radical (unpaired) electrons. The van der Waals surface area contributed by atoms with Crippen LogP contribution >= 0.6 is 0 Å². The molecule has 1 heterocycles. The van der Waals surface area contributed by atoms with Gasteiger partial charge >= 0.3 is 0 Å². The molecule has 1 saturated carbocycles. The van der Waals surface area contributed by atoms with Crippen molar-refractivity contribution >= 4 is 17.6 Å². The molecule has 0 bridgehead atoms. The number of amides is 2. The molecular formula is C11H15N2O4. The topological polar surface area (TPSA) is 98.5 Å². The zero-order valence-corrected chi connectivity index (χ0v) is 9.35. The fourth-order valence-electron chi connectivity index (χ4n) is 1.77. The van der Waals surface area contributed by atoms with Gasteiger partial charge in [0.2, 0.25) is 11.8 Å². The predicted octanol–water partition coefficient (Wildman–Crippen LogP) is -1.07. The molecule has 2 fully saturated rings. The summed E-state index contributed by atoms with van der Waals surface area (Å²) in [6.07, 6.45) is 3.50. The Balaban J connectivity index is 1.84. The van der Waals surface area contributed by atoms with Gasteiger partial charge in [-0.25, -0.2) is 0 Å². The summed E-state index contributed by atoms with van der Waals surface area (Å²) in [6.45, 7) is -0.179. The number of carbonyl (C=O) groups is 3. The van der Waals surface area contributed by atoms with E-state index in [4.69, 9.17) is 10.5 Å². The van der Waals surface area contributed by atoms with Crippen LogP contribution in [0.5, 0.6) is 0 Å². The van der Waals surface area contributed by atoms with Gasteiger partial charge in [0.15, 0.2) is 11.9 Å². The Hall–Kier alpha value is -1.43. The molecule has 0 spiro atoms. The number of primary amides is 1. The van der Waals surface area contributed by atoms with Gasteiger partial charge in [-0.2, -0.15) is 0 Å². The van der Waals surface area contributed by atoms with Gasteiger partial charge in [-0.1, -0.05) is 12.8 Å². The van der Waals surface area contributed by atoms with Crippen molar-refractivity contribution < 1.29 is 19.1 Å². The second-order valence-corrected chi connectivity index (χ2v) is 4.47. The molecule has 1 saturated heterocycles. The molecule has 0 unspecified atom stereocenters. The van der Waals surface area contributed by atoms with Crippen LogP contribution in [0.2, 0.25) is 0 Å². The van der Waals surface area contributed by atoms with Gasteiger partial charge in [0, 0.05) is 6.42 Å². The molecule has 93 valence electrons. The summed E-state index contributed by atoms with van der Waals surface area (Å²) >= 11 is 0. The van der Waals surface area contributed by atoms with Crippen LogP contribution in [0, 0.1) is 12.3 Å². The highest BCUT2D eigenvalue weighted by Gasteiger charge is 2.40. The van der Waals surface area contributed by atoms with Gasteiger partial charge in [-0.3, -0.25) is 14.4 Å². The highest BCUT2D eigenvalue weighted by atomic mass is 16.5. The molecule has 2 rings (SSSR count). The Bertz CT molecular complexity index is 351. The summed E-state index contributed by atoms with van der Waals surface area (Å²) in [4.78, 5) is 33.9. The Morgan fingerprint density at radius 2 is 2.18 bits per heavy atom. The molecule has 0 aromatic rings. The number of ketones is 1. The first kappa shape index (κ1) is 12.0. The van der Waals surface area contributed by atoms with Crippen molar-refractivity contribution in [3.8, 4) is 0 Å². The lowest BCUT2D eigenvalue weighted by Crippen LogP contribution is -2.49. The number of ether oxygens (including phenoxy) is 1. The maximum Gasteiger partial charge on any atom is 0.249 e. The van der Waals surface area contributed by atoms with E-state index in [9.17, 15) is 14.4 Å². The number of nitrogens with two attached hydrogens (primary N) is 1. The van der Waals surface area contributed by atoms with Crippen LogP contribution in [-0.4, -0.2) is 36.4 Å². The second kappa shape index (κ2) is 4.83. The predicted molar refractivity (Wildman–Crippen MR) is 57.5 cm³/mol. The largest absolute Gasteiger partial charge is 0.367 e. The first-order valence-electron chi connectivity index (χ1n) is 5.65. The van der Waals surface area contributed by atoms with Crippen LogP contribution in [0.25, 0.3) is 0 Å². The van der Waals surface area contributed by atoms with E-state index < -0.39 is 18.1 Å². The normalized spacial score (nSPS) is 28.1. The Labute approximate surface area is 98.9 Å². The van der Waals surface area contributed by atoms with Crippen LogP contribution in [0.15, 0.2) is 0 Å². The quantitative estimate of drug-likeness (QED) is 0.638. The van der Waals surface area contributed by atoms with Crippen molar-refractivity contribution in [2.45, 2.75) is 31.4 Å². The molecule has 6 nitrogen and oxygen atoms in total. The first-order valence-corrected chi connectivity index (χ1v) is 5.65. The van der Waals surface area contributed by atoms with Crippen molar-refractivity contribution in [1.82, 2.24) is 5.32 Å². The van der Waals surface area contributed by atoms with Crippen molar-refractivity contribution in [2.75, 3.05) is 6.61 Å². The highest BCUT2D eigenvalue weighted by molar-refractivity contribution is 5.99. The minimum absolute atomic E-state index is 0.179. The van der Waals surface area contributed by atoms with Crippen LogP contribution in [0.3, 0.4) is 0 Å². The summed E-state index contributed by atoms with van der Waals surface area (Å²) in [5.41, 5.74) is 5.08. The average Bonchev–Trinajstić information content (AvgIpc) is 3.02. The van der Waals surface area contributed by atoms with E-state index in [1.54, 1.807) is 0 Å². The average molecular weight is 239 g/mol. The number of nitrogens with one attached hydrogen (secondary N) is 1. The van der Waals surface area contributed by atoms with Crippen molar-refractivity contribution in [1.29, 1.82) is 0 Å². The highest BCUT2D eigenvalue weighted by Crippen LogP contribution is 2.33. The van der Waals surface area contributed by atoms with Gasteiger partial charge in [0.1, 0.15) is 12.6 Å². The summed E-state index contributed by atoms with van der Waals surface area (Å²) in [5, 5.41) is 2.47. The van der Waals surface area contributed by atoms with E-state index in [1.807, 2.05) is 0 Å². The Morgan fingerprint density at radius 1 is 1.47 bits per heavy atom. The second-order valence-electron chi connectivity index (χ2n) is 4.47. The molecular weight excluding hydrogens is 224 g/mol. The number of hydrogen-bond donors (Lipinski definition) is 2. The van der Waals surface area contributed by atoms with E-state index in [-0.39, 0.29) is 18.3 Å². The number of hydrogen-bond acceptors (Lipinski definition) is 4. The molecule has 2 amide bonds. The maximum absolute atomic E-state index is 11.5. The van der Waals surface area contributed by atoms with E-state index in [0.29, 0.717) is 5.92 Å². The Morgan fingerprint density at radius 3 is 2.76 bits per heavy atom. The molecule has 0 aromatic carbocycles. The third kappa shape index (κ3) is 3.03. The lowest BCUT2D eigenvalue weighted by molar-refractivity contribution is -0.129. The van der Waals surface area contributed by atoms with Gasteiger partial charge in [0.25, 0.3) is 0 Å². The minimum Gasteiger partial charge on any atom is -0.367 e. The van der Waals surface area contributed by atoms with Crippen LogP contribution in [-0.2, 0) is 19.1 Å². The molecule has 2 aliphatic rings. The molecule has 1 aliphatic carbocycles. The van der Waals surface area contributed by atoms with E-state index >= 15 is 0 Å². The molecule has 6 heteroatoms. The van der Waals surface area contributed by atoms with Crippen molar-refractivity contribution in [3.05, 3.63) is 6.42 Å². The standard InChI is InChI=1S/C11H15N2O4/c12-11(16)10-9(7(14)5-17-10)13-8(15)4-3-6-1-2-6/h4,6,9-10H,1-3,5H2,(H2,12,16)(H,13,15)/t9-,10-/m1/s1. The zero-order chi connectivity index (χ0) is 12.4. The molecule has 3 N–H and O–H groups in total. The fourth-order valence-corrected chi connectivity index (χ4v) is 1.77. The summed E-state index contributed by atoms with van der Waals surface area (Å²) in [7, 11) is 0. The van der Waals surface area contributed by atoms with Crippen molar-refractivity contribution in [3.63, 3.8) is 0 Å². The molecule has 17 heavy (non-hydrogen) atoms. The lowest BCUT2D eigenvalue weighted by atomic mass is 10.1. The smallest absolute Gasteiger partial charge is 0.249 e. The van der Waals surface area contributed by atoms with E-state index in [2.05, 4.69) is 5.32 Å². The molecule has 1 aliphatic heterocycles. The minimum atomic E-state index is -1.04. The van der Waals surface area contributed by atoms with Crippen LogP contribution < -0.4 is 11.1 Å². The molecule has 0 aromatic heterocycles. The van der Waals surface area contributed by atoms with E-state index in [1.165, 1.54) is 6.42 Å².